The fourth-order valence-corrected chi connectivity index (χ4v) is 2.28. The number of hydrogen-bond acceptors (Lipinski definition) is 3. The summed E-state index contributed by atoms with van der Waals surface area (Å²) >= 11 is 3.39. The second kappa shape index (κ2) is 8.17. The molecule has 1 atom stereocenters. The van der Waals surface area contributed by atoms with E-state index in [4.69, 9.17) is 4.74 Å². The van der Waals surface area contributed by atoms with Gasteiger partial charge in [-0.15, -0.1) is 0 Å². The maximum absolute atomic E-state index is 10.2. The highest BCUT2D eigenvalue weighted by Crippen LogP contribution is 2.16. The van der Waals surface area contributed by atoms with Crippen LogP contribution in [0.2, 0.25) is 0 Å². The zero-order chi connectivity index (χ0) is 15.1. The number of ether oxygens (including phenoxy) is 1. The molecule has 0 heterocycles. The van der Waals surface area contributed by atoms with E-state index in [-0.39, 0.29) is 0 Å². The summed E-state index contributed by atoms with van der Waals surface area (Å²) in [5.41, 5.74) is 0.943. The van der Waals surface area contributed by atoms with Crippen LogP contribution >= 0.6 is 15.9 Å². The van der Waals surface area contributed by atoms with Crippen molar-refractivity contribution in [3.8, 4) is 5.75 Å². The summed E-state index contributed by atoms with van der Waals surface area (Å²) in [7, 11) is 1.98. The highest BCUT2D eigenvalue weighted by Gasteiger charge is 2.10. The Morgan fingerprint density at radius 1 is 1.10 bits per heavy atom. The minimum absolute atomic E-state index is 0.469. The van der Waals surface area contributed by atoms with Crippen LogP contribution in [0.15, 0.2) is 59.1 Å². The molecule has 0 saturated carbocycles. The third kappa shape index (κ3) is 5.50. The molecule has 1 N–H and O–H groups in total. The van der Waals surface area contributed by atoms with Gasteiger partial charge in [0.25, 0.3) is 0 Å². The molecule has 2 aromatic rings. The van der Waals surface area contributed by atoms with E-state index >= 15 is 0 Å². The lowest BCUT2D eigenvalue weighted by atomic mass is 10.1. The quantitative estimate of drug-likeness (QED) is 0.830. The van der Waals surface area contributed by atoms with E-state index in [1.165, 1.54) is 0 Å². The molecule has 0 bridgehead atoms. The second-order valence-electron chi connectivity index (χ2n) is 4.99. The molecule has 2 aromatic carbocycles. The number of likely N-dealkylation sites (N-methyl/N-ethyl adjacent to an activating group) is 1. The fraction of sp³-hybridized carbons (Fsp3) is 0.294. The Labute approximate surface area is 134 Å². The SMILES string of the molecule is CN(CCOc1ccc(Br)cc1)C[C@H](O)c1ccccc1. The molecule has 0 aromatic heterocycles. The van der Waals surface area contributed by atoms with Crippen LogP contribution in [-0.4, -0.2) is 36.8 Å². The highest BCUT2D eigenvalue weighted by molar-refractivity contribution is 9.10. The van der Waals surface area contributed by atoms with Gasteiger partial charge in [0.1, 0.15) is 12.4 Å². The Kier molecular flexibility index (Phi) is 6.23. The van der Waals surface area contributed by atoms with Gasteiger partial charge in [0.05, 0.1) is 6.10 Å². The maximum Gasteiger partial charge on any atom is 0.119 e. The van der Waals surface area contributed by atoms with Crippen LogP contribution in [0.5, 0.6) is 5.75 Å². The summed E-state index contributed by atoms with van der Waals surface area (Å²) in [6, 6.07) is 17.5. The van der Waals surface area contributed by atoms with E-state index < -0.39 is 6.10 Å². The van der Waals surface area contributed by atoms with Crippen LogP contribution in [0.25, 0.3) is 0 Å². The van der Waals surface area contributed by atoms with Crippen LogP contribution in [0.4, 0.5) is 0 Å². The third-order valence-corrected chi connectivity index (χ3v) is 3.75. The Morgan fingerprint density at radius 3 is 2.43 bits per heavy atom. The number of hydrogen-bond donors (Lipinski definition) is 1. The molecule has 21 heavy (non-hydrogen) atoms. The Bertz CT molecular complexity index is 530. The molecule has 0 unspecified atom stereocenters. The summed E-state index contributed by atoms with van der Waals surface area (Å²) in [5, 5.41) is 10.2. The average molecular weight is 350 g/mol. The van der Waals surface area contributed by atoms with Crippen molar-refractivity contribution in [2.24, 2.45) is 0 Å². The molecule has 112 valence electrons. The molecular weight excluding hydrogens is 330 g/mol. The van der Waals surface area contributed by atoms with Gasteiger partial charge in [-0.1, -0.05) is 46.3 Å². The predicted octanol–water partition coefficient (Wildman–Crippen LogP) is 3.49. The number of halogens is 1. The average Bonchev–Trinajstić information content (AvgIpc) is 2.50. The first-order chi connectivity index (χ1) is 10.1. The standard InChI is InChI=1S/C17H20BrNO2/c1-19(13-17(20)14-5-3-2-4-6-14)11-12-21-16-9-7-15(18)8-10-16/h2-10,17,20H,11-13H2,1H3/t17-/m0/s1. The van der Waals surface area contributed by atoms with Crippen molar-refractivity contribution >= 4 is 15.9 Å². The maximum atomic E-state index is 10.2. The van der Waals surface area contributed by atoms with Gasteiger partial charge >= 0.3 is 0 Å². The van der Waals surface area contributed by atoms with E-state index in [0.29, 0.717) is 13.2 Å². The van der Waals surface area contributed by atoms with Gasteiger partial charge in [-0.05, 0) is 36.9 Å². The van der Waals surface area contributed by atoms with Gasteiger partial charge in [-0.25, -0.2) is 0 Å². The van der Waals surface area contributed by atoms with Gasteiger partial charge in [0.2, 0.25) is 0 Å². The summed E-state index contributed by atoms with van der Waals surface area (Å²) in [6.07, 6.45) is -0.469. The third-order valence-electron chi connectivity index (χ3n) is 3.22. The molecule has 2 rings (SSSR count). The molecule has 0 amide bonds. The van der Waals surface area contributed by atoms with Crippen molar-refractivity contribution in [1.82, 2.24) is 4.90 Å². The minimum atomic E-state index is -0.469. The molecule has 0 aliphatic carbocycles. The lowest BCUT2D eigenvalue weighted by Crippen LogP contribution is -2.28. The molecular formula is C17H20BrNO2. The van der Waals surface area contributed by atoms with E-state index in [0.717, 1.165) is 22.3 Å². The first-order valence-corrected chi connectivity index (χ1v) is 7.74. The molecule has 3 nitrogen and oxygen atoms in total. The number of aliphatic hydroxyl groups is 1. The van der Waals surface area contributed by atoms with Gasteiger partial charge in [0, 0.05) is 17.6 Å². The van der Waals surface area contributed by atoms with Crippen molar-refractivity contribution in [3.63, 3.8) is 0 Å². The van der Waals surface area contributed by atoms with Crippen molar-refractivity contribution in [2.75, 3.05) is 26.7 Å². The fourth-order valence-electron chi connectivity index (χ4n) is 2.02. The van der Waals surface area contributed by atoms with Crippen LogP contribution < -0.4 is 4.74 Å². The normalized spacial score (nSPS) is 12.4. The lowest BCUT2D eigenvalue weighted by molar-refractivity contribution is 0.118. The Morgan fingerprint density at radius 2 is 1.76 bits per heavy atom. The van der Waals surface area contributed by atoms with E-state index in [2.05, 4.69) is 20.8 Å². The monoisotopic (exact) mass is 349 g/mol. The van der Waals surface area contributed by atoms with Crippen LogP contribution in [0.3, 0.4) is 0 Å². The van der Waals surface area contributed by atoms with E-state index in [1.807, 2.05) is 61.6 Å². The summed E-state index contributed by atoms with van der Waals surface area (Å²) in [4.78, 5) is 2.07. The predicted molar refractivity (Wildman–Crippen MR) is 88.5 cm³/mol. The van der Waals surface area contributed by atoms with E-state index in [9.17, 15) is 5.11 Å². The zero-order valence-corrected chi connectivity index (χ0v) is 13.7. The van der Waals surface area contributed by atoms with Gasteiger partial charge in [-0.3, -0.25) is 0 Å². The summed E-state index contributed by atoms with van der Waals surface area (Å²) in [6.45, 7) is 1.95. The molecule has 0 radical (unpaired) electrons. The molecule has 0 spiro atoms. The van der Waals surface area contributed by atoms with Crippen molar-refractivity contribution in [2.45, 2.75) is 6.10 Å². The number of rotatable bonds is 7. The molecule has 0 aliphatic rings. The minimum Gasteiger partial charge on any atom is -0.492 e. The highest BCUT2D eigenvalue weighted by atomic mass is 79.9. The van der Waals surface area contributed by atoms with Gasteiger partial charge in [0.15, 0.2) is 0 Å². The van der Waals surface area contributed by atoms with Crippen LogP contribution in [-0.2, 0) is 0 Å². The Balaban J connectivity index is 1.72. The van der Waals surface area contributed by atoms with Gasteiger partial charge in [-0.2, -0.15) is 0 Å². The number of benzene rings is 2. The number of aliphatic hydroxyl groups excluding tert-OH is 1. The van der Waals surface area contributed by atoms with E-state index in [1.54, 1.807) is 0 Å². The van der Waals surface area contributed by atoms with Crippen LogP contribution in [0, 0.1) is 0 Å². The lowest BCUT2D eigenvalue weighted by Gasteiger charge is -2.20. The summed E-state index contributed by atoms with van der Waals surface area (Å²) < 4.78 is 6.71. The van der Waals surface area contributed by atoms with Crippen LogP contribution in [0.1, 0.15) is 11.7 Å². The summed E-state index contributed by atoms with van der Waals surface area (Å²) in [5.74, 6) is 0.857. The molecule has 0 aliphatic heterocycles. The Hall–Kier alpha value is -1.36. The van der Waals surface area contributed by atoms with Crippen molar-refractivity contribution < 1.29 is 9.84 Å². The number of nitrogens with zero attached hydrogens (tertiary/aromatic N) is 1. The topological polar surface area (TPSA) is 32.7 Å². The van der Waals surface area contributed by atoms with Crippen molar-refractivity contribution in [1.29, 1.82) is 0 Å². The molecule has 0 saturated heterocycles. The first-order valence-electron chi connectivity index (χ1n) is 6.95. The zero-order valence-electron chi connectivity index (χ0n) is 12.1. The van der Waals surface area contributed by atoms with Gasteiger partial charge < -0.3 is 14.7 Å². The van der Waals surface area contributed by atoms with Crippen molar-refractivity contribution in [3.05, 3.63) is 64.6 Å². The first kappa shape index (κ1) is 16.0. The largest absolute Gasteiger partial charge is 0.492 e. The molecule has 0 fully saturated rings. The molecule has 4 heteroatoms. The smallest absolute Gasteiger partial charge is 0.119 e. The second-order valence-corrected chi connectivity index (χ2v) is 5.91.